The number of halogens is 5. The third-order valence-electron chi connectivity index (χ3n) is 6.68. The van der Waals surface area contributed by atoms with Crippen molar-refractivity contribution in [2.24, 2.45) is 0 Å². The van der Waals surface area contributed by atoms with Crippen LogP contribution in [0.15, 0.2) is 34.8 Å². The Morgan fingerprint density at radius 2 is 1.92 bits per heavy atom. The van der Waals surface area contributed by atoms with Gasteiger partial charge in [-0.3, -0.25) is 4.79 Å². The second-order valence-corrected chi connectivity index (χ2v) is 10.3. The van der Waals surface area contributed by atoms with Crippen molar-refractivity contribution in [3.63, 3.8) is 0 Å². The number of morpholine rings is 1. The van der Waals surface area contributed by atoms with Gasteiger partial charge in [-0.05, 0) is 71.1 Å². The number of aromatic nitrogens is 1. The van der Waals surface area contributed by atoms with Crippen molar-refractivity contribution in [1.29, 1.82) is 0 Å². The number of hydrogen-bond donors (Lipinski definition) is 3. The first-order valence-electron chi connectivity index (χ1n) is 11.7. The number of carbonyl (C=O) groups is 2. The van der Waals surface area contributed by atoms with E-state index in [1.54, 1.807) is 11.0 Å². The lowest BCUT2D eigenvalue weighted by atomic mass is 9.90. The number of hydrogen-bond acceptors (Lipinski definition) is 3. The van der Waals surface area contributed by atoms with Crippen LogP contribution in [-0.2, 0) is 23.8 Å². The van der Waals surface area contributed by atoms with Gasteiger partial charge >= 0.3 is 12.2 Å². The number of rotatable bonds is 3. The number of aromatic amines is 1. The van der Waals surface area contributed by atoms with E-state index in [4.69, 9.17) is 16.3 Å². The number of ether oxygens (including phenoxy) is 1. The fourth-order valence-corrected chi connectivity index (χ4v) is 5.56. The molecule has 1 aliphatic carbocycles. The Morgan fingerprint density at radius 1 is 1.16 bits per heavy atom. The van der Waals surface area contributed by atoms with Crippen LogP contribution in [0, 0.1) is 0 Å². The number of urea groups is 1. The minimum atomic E-state index is -4.63. The van der Waals surface area contributed by atoms with E-state index >= 15 is 0 Å². The number of nitrogens with one attached hydrogen (secondary N) is 3. The van der Waals surface area contributed by atoms with Crippen LogP contribution < -0.4 is 10.6 Å². The summed E-state index contributed by atoms with van der Waals surface area (Å²) in [6.07, 6.45) is -2.89. The summed E-state index contributed by atoms with van der Waals surface area (Å²) in [6.45, 7) is 2.04. The molecule has 3 aromatic rings. The summed E-state index contributed by atoms with van der Waals surface area (Å²) >= 11 is 9.24. The molecule has 2 aliphatic rings. The normalized spacial score (nSPS) is 18.0. The first kappa shape index (κ1) is 25.9. The standard InChI is InChI=1S/C25H23BrClF3N4O3/c26-18-4-3-15(23(35)34-7-9-37-10-8-34)21-16-11-13(2-6-20(16)33-22(18)21)31-24(36)32-14-1-5-19(27)17(12-14)25(28,29)30/h1,3-5,12-13,33H,2,6-11H2,(H2,31,32,36). The van der Waals surface area contributed by atoms with Gasteiger partial charge in [-0.2, -0.15) is 13.2 Å². The third-order valence-corrected chi connectivity index (χ3v) is 7.67. The predicted octanol–water partition coefficient (Wildman–Crippen LogP) is 5.75. The summed E-state index contributed by atoms with van der Waals surface area (Å²) in [5.74, 6) is -0.0707. The largest absolute Gasteiger partial charge is 0.417 e. The number of amides is 3. The summed E-state index contributed by atoms with van der Waals surface area (Å²) in [5.41, 5.74) is 2.34. The molecule has 0 saturated carbocycles. The van der Waals surface area contributed by atoms with Gasteiger partial charge < -0.3 is 25.3 Å². The molecule has 37 heavy (non-hydrogen) atoms. The van der Waals surface area contributed by atoms with Crippen molar-refractivity contribution < 1.29 is 27.5 Å². The Bertz CT molecular complexity index is 1370. The minimum absolute atomic E-state index is 0.0138. The van der Waals surface area contributed by atoms with Gasteiger partial charge in [0.1, 0.15) is 0 Å². The highest BCUT2D eigenvalue weighted by atomic mass is 79.9. The van der Waals surface area contributed by atoms with Crippen molar-refractivity contribution in [3.05, 3.63) is 62.2 Å². The maximum atomic E-state index is 13.4. The monoisotopic (exact) mass is 598 g/mol. The lowest BCUT2D eigenvalue weighted by Gasteiger charge is -2.28. The van der Waals surface area contributed by atoms with Gasteiger partial charge in [0.05, 0.1) is 29.3 Å². The van der Waals surface area contributed by atoms with Crippen LogP contribution >= 0.6 is 27.5 Å². The van der Waals surface area contributed by atoms with Crippen LogP contribution in [0.25, 0.3) is 10.9 Å². The summed E-state index contributed by atoms with van der Waals surface area (Å²) in [4.78, 5) is 31.2. The van der Waals surface area contributed by atoms with Gasteiger partial charge in [-0.1, -0.05) is 11.6 Å². The fourth-order valence-electron chi connectivity index (χ4n) is 4.91. The number of alkyl halides is 3. The molecule has 0 bridgehead atoms. The van der Waals surface area contributed by atoms with E-state index in [2.05, 4.69) is 31.5 Å². The van der Waals surface area contributed by atoms with E-state index in [1.165, 1.54) is 6.07 Å². The van der Waals surface area contributed by atoms with E-state index in [0.717, 1.165) is 38.8 Å². The molecule has 1 aromatic heterocycles. The number of H-pyrrole nitrogens is 1. The van der Waals surface area contributed by atoms with Crippen molar-refractivity contribution >= 4 is 56.1 Å². The summed E-state index contributed by atoms with van der Waals surface area (Å²) in [6, 6.07) is 5.99. The molecule has 7 nitrogen and oxygen atoms in total. The second kappa shape index (κ2) is 10.2. The number of nitrogens with zero attached hydrogens (tertiary/aromatic N) is 1. The van der Waals surface area contributed by atoms with Gasteiger partial charge in [-0.15, -0.1) is 0 Å². The predicted molar refractivity (Wildman–Crippen MR) is 137 cm³/mol. The third kappa shape index (κ3) is 5.30. The number of anilines is 1. The molecule has 3 N–H and O–H groups in total. The van der Waals surface area contributed by atoms with Crippen molar-refractivity contribution in [3.8, 4) is 0 Å². The van der Waals surface area contributed by atoms with Crippen molar-refractivity contribution in [1.82, 2.24) is 15.2 Å². The first-order chi connectivity index (χ1) is 17.6. The van der Waals surface area contributed by atoms with Crippen LogP contribution in [-0.4, -0.2) is 54.2 Å². The molecule has 1 saturated heterocycles. The molecular weight excluding hydrogens is 577 g/mol. The van der Waals surface area contributed by atoms with E-state index in [-0.39, 0.29) is 17.6 Å². The quantitative estimate of drug-likeness (QED) is 0.358. The van der Waals surface area contributed by atoms with Crippen LogP contribution in [0.2, 0.25) is 5.02 Å². The van der Waals surface area contributed by atoms with E-state index in [0.29, 0.717) is 51.1 Å². The molecule has 2 heterocycles. The van der Waals surface area contributed by atoms with E-state index in [1.807, 2.05) is 6.07 Å². The molecule has 12 heteroatoms. The number of benzene rings is 2. The molecule has 1 atom stereocenters. The summed E-state index contributed by atoms with van der Waals surface area (Å²) in [7, 11) is 0. The average molecular weight is 600 g/mol. The number of fused-ring (bicyclic) bond motifs is 3. The van der Waals surface area contributed by atoms with Crippen LogP contribution in [0.5, 0.6) is 0 Å². The first-order valence-corrected chi connectivity index (χ1v) is 12.9. The number of carbonyl (C=O) groups excluding carboxylic acids is 2. The van der Waals surface area contributed by atoms with E-state index in [9.17, 15) is 22.8 Å². The fraction of sp³-hybridized carbons (Fsp3) is 0.360. The molecule has 1 unspecified atom stereocenters. The lowest BCUT2D eigenvalue weighted by Crippen LogP contribution is -2.41. The Labute approximate surface area is 223 Å². The topological polar surface area (TPSA) is 86.5 Å². The maximum Gasteiger partial charge on any atom is 0.417 e. The molecule has 3 amide bonds. The van der Waals surface area contributed by atoms with Gasteiger partial charge in [-0.25, -0.2) is 4.79 Å². The molecule has 196 valence electrons. The Balaban J connectivity index is 1.36. The van der Waals surface area contributed by atoms with Gasteiger partial charge in [0, 0.05) is 45.9 Å². The van der Waals surface area contributed by atoms with Crippen molar-refractivity contribution in [2.75, 3.05) is 31.6 Å². The zero-order valence-electron chi connectivity index (χ0n) is 19.5. The summed E-state index contributed by atoms with van der Waals surface area (Å²) < 4.78 is 45.7. The van der Waals surface area contributed by atoms with E-state index < -0.39 is 22.8 Å². The van der Waals surface area contributed by atoms with Crippen molar-refractivity contribution in [2.45, 2.75) is 31.5 Å². The minimum Gasteiger partial charge on any atom is -0.378 e. The Hall–Kier alpha value is -2.76. The zero-order chi connectivity index (χ0) is 26.3. The Kier molecular flexibility index (Phi) is 7.12. The van der Waals surface area contributed by atoms with Gasteiger partial charge in [0.15, 0.2) is 0 Å². The average Bonchev–Trinajstić information content (AvgIpc) is 3.25. The Morgan fingerprint density at radius 3 is 2.65 bits per heavy atom. The highest BCUT2D eigenvalue weighted by molar-refractivity contribution is 9.10. The zero-order valence-corrected chi connectivity index (χ0v) is 21.8. The second-order valence-electron chi connectivity index (χ2n) is 9.06. The molecule has 0 radical (unpaired) electrons. The van der Waals surface area contributed by atoms with Crippen LogP contribution in [0.4, 0.5) is 23.7 Å². The lowest BCUT2D eigenvalue weighted by molar-refractivity contribution is -0.137. The molecule has 0 spiro atoms. The maximum absolute atomic E-state index is 13.4. The SMILES string of the molecule is O=C(Nc1ccc(Cl)c(C(F)(F)F)c1)NC1CCc2[nH]c3c(Br)ccc(C(=O)N4CCOCC4)c3c2C1. The molecule has 1 aliphatic heterocycles. The highest BCUT2D eigenvalue weighted by Crippen LogP contribution is 2.37. The van der Waals surface area contributed by atoms with Gasteiger partial charge in [0.25, 0.3) is 5.91 Å². The number of aryl methyl sites for hydroxylation is 1. The summed E-state index contributed by atoms with van der Waals surface area (Å²) in [5, 5.41) is 5.71. The molecule has 2 aromatic carbocycles. The highest BCUT2D eigenvalue weighted by Gasteiger charge is 2.34. The smallest absolute Gasteiger partial charge is 0.378 e. The van der Waals surface area contributed by atoms with Gasteiger partial charge in [0.2, 0.25) is 0 Å². The molecular formula is C25H23BrClF3N4O3. The van der Waals surface area contributed by atoms with Crippen LogP contribution in [0.3, 0.4) is 0 Å². The van der Waals surface area contributed by atoms with Crippen LogP contribution in [0.1, 0.15) is 33.6 Å². The molecule has 1 fully saturated rings. The molecule has 5 rings (SSSR count).